The molecule has 8 heavy (non-hydrogen) atoms. The Morgan fingerprint density at radius 2 is 1.62 bits per heavy atom. The third-order valence-electron chi connectivity index (χ3n) is 0.855. The molecule has 2 heteroatoms. The van der Waals surface area contributed by atoms with Crippen LogP contribution in [0.15, 0.2) is 24.3 Å². The van der Waals surface area contributed by atoms with E-state index in [2.05, 4.69) is 15.7 Å². The first kappa shape index (κ1) is 5.66. The summed E-state index contributed by atoms with van der Waals surface area (Å²) >= 11 is 4.12. The Balaban J connectivity index is 3.03. The van der Waals surface area contributed by atoms with Crippen LogP contribution in [-0.4, -0.2) is 0 Å². The molecule has 1 rings (SSSR count). The van der Waals surface area contributed by atoms with E-state index in [1.54, 1.807) is 0 Å². The molecule has 1 aromatic rings. The maximum atomic E-state index is 5.39. The third-order valence-corrected chi connectivity index (χ3v) is 1.20. The number of benzene rings is 1. The summed E-state index contributed by atoms with van der Waals surface area (Å²) in [5, 5.41) is 0. The van der Waals surface area contributed by atoms with Crippen molar-refractivity contribution in [3.63, 3.8) is 0 Å². The first-order valence-corrected chi connectivity index (χ1v) is 2.80. The van der Waals surface area contributed by atoms with E-state index in [1.807, 2.05) is 24.3 Å². The molecular weight excluding hydrogens is 145 g/mol. The summed E-state index contributed by atoms with van der Waals surface area (Å²) in [6.07, 6.45) is 0. The number of nitrogen functional groups attached to an aromatic ring is 1. The normalized spacial score (nSPS) is 9.25. The Kier molecular flexibility index (Phi) is 1.55. The fraction of sp³-hybridized carbons (Fsp3) is 0. The van der Waals surface area contributed by atoms with Crippen molar-refractivity contribution in [3.8, 4) is 0 Å². The summed E-state index contributed by atoms with van der Waals surface area (Å²) < 4.78 is 0.937. The Morgan fingerprint density at radius 3 is 2.00 bits per heavy atom. The summed E-state index contributed by atoms with van der Waals surface area (Å²) in [6.45, 7) is 0. The van der Waals surface area contributed by atoms with Gasteiger partial charge in [0.1, 0.15) is 0 Å². The van der Waals surface area contributed by atoms with Crippen LogP contribution >= 0.6 is 0 Å². The molecule has 0 atom stereocenters. The minimum absolute atomic E-state index is 0.779. The molecule has 0 aromatic heterocycles. The number of nitrogens with two attached hydrogens (primary N) is 1. The zero-order valence-electron chi connectivity index (χ0n) is 4.22. The summed E-state index contributed by atoms with van der Waals surface area (Å²) in [5.41, 5.74) is 6.17. The van der Waals surface area contributed by atoms with Gasteiger partial charge in [0, 0.05) is 0 Å². The first-order valence-electron chi connectivity index (χ1n) is 2.28. The van der Waals surface area contributed by atoms with E-state index in [9.17, 15) is 0 Å². The fourth-order valence-electron chi connectivity index (χ4n) is 0.455. The summed E-state index contributed by atoms with van der Waals surface area (Å²) in [5.74, 6) is 0. The average molecular weight is 151 g/mol. The number of hydrogen-bond acceptors (Lipinski definition) is 1. The van der Waals surface area contributed by atoms with E-state index in [1.165, 1.54) is 0 Å². The molecule has 0 fully saturated rings. The predicted molar refractivity (Wildman–Crippen MR) is 30.5 cm³/mol. The predicted octanol–water partition coefficient (Wildman–Crippen LogP) is 0.441. The van der Waals surface area contributed by atoms with Crippen LogP contribution in [0.4, 0.5) is 5.69 Å². The second-order valence-electron chi connectivity index (χ2n) is 1.53. The van der Waals surface area contributed by atoms with Crippen molar-refractivity contribution in [2.75, 3.05) is 5.73 Å². The van der Waals surface area contributed by atoms with Gasteiger partial charge in [0.15, 0.2) is 0 Å². The van der Waals surface area contributed by atoms with Crippen molar-refractivity contribution >= 4 is 10.2 Å². The van der Waals surface area contributed by atoms with Crippen molar-refractivity contribution < 1.29 is 15.7 Å². The van der Waals surface area contributed by atoms with Crippen LogP contribution in [0.3, 0.4) is 0 Å². The van der Waals surface area contributed by atoms with Crippen LogP contribution in [0.1, 0.15) is 0 Å². The van der Waals surface area contributed by atoms with Gasteiger partial charge in [-0.1, -0.05) is 0 Å². The zero-order valence-corrected chi connectivity index (χ0v) is 5.26. The minimum atomic E-state index is 0.779. The molecule has 0 spiro atoms. The van der Waals surface area contributed by atoms with Crippen molar-refractivity contribution in [1.29, 1.82) is 0 Å². The second kappa shape index (κ2) is 2.20. The Hall–Kier alpha value is -0.474. The molecule has 0 bridgehead atoms. The second-order valence-corrected chi connectivity index (χ2v) is 2.13. The van der Waals surface area contributed by atoms with E-state index in [0.717, 1.165) is 10.2 Å². The van der Waals surface area contributed by atoms with Gasteiger partial charge in [-0.3, -0.25) is 0 Å². The van der Waals surface area contributed by atoms with E-state index in [4.69, 9.17) is 5.73 Å². The topological polar surface area (TPSA) is 26.0 Å². The Morgan fingerprint density at radius 1 is 1.12 bits per heavy atom. The first-order chi connectivity index (χ1) is 3.79. The van der Waals surface area contributed by atoms with Gasteiger partial charge < -0.3 is 0 Å². The monoisotopic (exact) mass is 151 g/mol. The van der Waals surface area contributed by atoms with Crippen molar-refractivity contribution in [2.45, 2.75) is 0 Å². The molecule has 0 unspecified atom stereocenters. The van der Waals surface area contributed by atoms with Crippen LogP contribution in [0.25, 0.3) is 0 Å². The zero-order chi connectivity index (χ0) is 5.98. The van der Waals surface area contributed by atoms with Crippen LogP contribution < -0.4 is 10.2 Å². The molecule has 0 saturated carbocycles. The molecule has 0 saturated heterocycles. The summed E-state index contributed by atoms with van der Waals surface area (Å²) in [4.78, 5) is 0. The van der Waals surface area contributed by atoms with E-state index < -0.39 is 0 Å². The molecule has 0 amide bonds. The van der Waals surface area contributed by atoms with Crippen LogP contribution in [0.2, 0.25) is 0 Å². The molecule has 0 aliphatic carbocycles. The van der Waals surface area contributed by atoms with Gasteiger partial charge >= 0.3 is 55.9 Å². The van der Waals surface area contributed by atoms with Gasteiger partial charge in [0.25, 0.3) is 0 Å². The standard InChI is InChI=1S/C6H6N.Co/c7-6-4-2-1-3-5-6;/h2-5H,7H2;. The van der Waals surface area contributed by atoms with E-state index in [-0.39, 0.29) is 0 Å². The van der Waals surface area contributed by atoms with Gasteiger partial charge in [-0.25, -0.2) is 0 Å². The Labute approximate surface area is 56.5 Å². The molecule has 1 nitrogen and oxygen atoms in total. The molecule has 0 radical (unpaired) electrons. The van der Waals surface area contributed by atoms with Gasteiger partial charge in [0.05, 0.1) is 0 Å². The number of anilines is 1. The molecule has 0 aliphatic rings. The van der Waals surface area contributed by atoms with E-state index >= 15 is 0 Å². The maximum absolute atomic E-state index is 5.39. The summed E-state index contributed by atoms with van der Waals surface area (Å²) in [6, 6.07) is 7.35. The van der Waals surface area contributed by atoms with Gasteiger partial charge in [-0.15, -0.1) is 0 Å². The fourth-order valence-corrected chi connectivity index (χ4v) is 0.629. The summed E-state index contributed by atoms with van der Waals surface area (Å²) in [7, 11) is 0. The van der Waals surface area contributed by atoms with Crippen LogP contribution in [-0.2, 0) is 15.7 Å². The molecule has 1 aromatic carbocycles. The quantitative estimate of drug-likeness (QED) is 0.535. The number of hydrogen-bond donors (Lipinski definition) is 1. The average Bonchev–Trinajstić information content (AvgIpc) is 1.77. The van der Waals surface area contributed by atoms with Gasteiger partial charge in [0.2, 0.25) is 0 Å². The van der Waals surface area contributed by atoms with Gasteiger partial charge in [-0.05, 0) is 0 Å². The number of rotatable bonds is 0. The third kappa shape index (κ3) is 1.25. The molecule has 0 aliphatic heterocycles. The van der Waals surface area contributed by atoms with Crippen molar-refractivity contribution in [3.05, 3.63) is 24.3 Å². The van der Waals surface area contributed by atoms with Crippen molar-refractivity contribution in [2.24, 2.45) is 0 Å². The van der Waals surface area contributed by atoms with Crippen LogP contribution in [0.5, 0.6) is 0 Å². The molecule has 0 heterocycles. The molecular formula is C6H6CoN. The van der Waals surface area contributed by atoms with E-state index in [0.29, 0.717) is 0 Å². The molecule has 2 N–H and O–H groups in total. The SMILES string of the molecule is Nc1cc[c]([Co])cc1. The van der Waals surface area contributed by atoms with Gasteiger partial charge in [-0.2, -0.15) is 0 Å². The van der Waals surface area contributed by atoms with Crippen molar-refractivity contribution in [1.82, 2.24) is 0 Å². The molecule has 44 valence electrons. The van der Waals surface area contributed by atoms with Crippen LogP contribution in [0, 0.1) is 0 Å². The Bertz CT molecular complexity index is 147.